The summed E-state index contributed by atoms with van der Waals surface area (Å²) in [5, 5.41) is 0. The zero-order valence-electron chi connectivity index (χ0n) is 12.1. The van der Waals surface area contributed by atoms with Crippen LogP contribution in [-0.2, 0) is 0 Å². The van der Waals surface area contributed by atoms with E-state index < -0.39 is 0 Å². The number of piperidine rings is 1. The molecular formula is C15H29N. The van der Waals surface area contributed by atoms with Gasteiger partial charge in [0.2, 0.25) is 0 Å². The van der Waals surface area contributed by atoms with Gasteiger partial charge in [-0.3, -0.25) is 4.90 Å². The van der Waals surface area contributed by atoms with E-state index in [-0.39, 0.29) is 0 Å². The molecule has 1 atom stereocenters. The van der Waals surface area contributed by atoms with Gasteiger partial charge < -0.3 is 0 Å². The van der Waals surface area contributed by atoms with Crippen LogP contribution in [0.25, 0.3) is 0 Å². The van der Waals surface area contributed by atoms with E-state index in [1.54, 1.807) is 0 Å². The van der Waals surface area contributed by atoms with Gasteiger partial charge in [0.05, 0.1) is 0 Å². The minimum Gasteiger partial charge on any atom is -0.293 e. The highest BCUT2D eigenvalue weighted by Crippen LogP contribution is 2.55. The van der Waals surface area contributed by atoms with Gasteiger partial charge in [-0.15, -0.1) is 0 Å². The lowest BCUT2D eigenvalue weighted by Crippen LogP contribution is -2.55. The van der Waals surface area contributed by atoms with Crippen LogP contribution in [0, 0.1) is 11.3 Å². The van der Waals surface area contributed by atoms with E-state index >= 15 is 0 Å². The van der Waals surface area contributed by atoms with Gasteiger partial charge in [-0.05, 0) is 64.3 Å². The van der Waals surface area contributed by atoms with Crippen LogP contribution in [0.1, 0.15) is 67.2 Å². The van der Waals surface area contributed by atoms with E-state index in [4.69, 9.17) is 0 Å². The third kappa shape index (κ3) is 2.16. The van der Waals surface area contributed by atoms with Crippen LogP contribution in [0.5, 0.6) is 0 Å². The molecule has 0 aromatic rings. The molecule has 0 aromatic heterocycles. The highest BCUT2D eigenvalue weighted by molar-refractivity contribution is 5.11. The van der Waals surface area contributed by atoms with Crippen molar-refractivity contribution < 1.29 is 0 Å². The van der Waals surface area contributed by atoms with E-state index in [1.165, 1.54) is 32.2 Å². The van der Waals surface area contributed by atoms with Crippen LogP contribution in [-0.4, -0.2) is 22.5 Å². The second-order valence-electron chi connectivity index (χ2n) is 8.10. The molecule has 1 saturated carbocycles. The first-order chi connectivity index (χ1) is 7.15. The van der Waals surface area contributed by atoms with Crippen molar-refractivity contribution in [2.75, 3.05) is 6.54 Å². The van der Waals surface area contributed by atoms with Crippen molar-refractivity contribution in [3.05, 3.63) is 0 Å². The molecule has 1 unspecified atom stereocenters. The van der Waals surface area contributed by atoms with Crippen molar-refractivity contribution in [2.24, 2.45) is 11.3 Å². The highest BCUT2D eigenvalue weighted by Gasteiger charge is 2.55. The summed E-state index contributed by atoms with van der Waals surface area (Å²) in [5.74, 6) is 0.925. The first-order valence-corrected chi connectivity index (χ1v) is 6.93. The average molecular weight is 223 g/mol. The lowest BCUT2D eigenvalue weighted by atomic mass is 9.71. The van der Waals surface area contributed by atoms with Crippen LogP contribution < -0.4 is 0 Å². The van der Waals surface area contributed by atoms with Gasteiger partial charge in [-0.1, -0.05) is 20.8 Å². The summed E-state index contributed by atoms with van der Waals surface area (Å²) < 4.78 is 0. The molecule has 1 aliphatic carbocycles. The van der Waals surface area contributed by atoms with Gasteiger partial charge in [0.1, 0.15) is 0 Å². The Morgan fingerprint density at radius 3 is 1.94 bits per heavy atom. The zero-order valence-corrected chi connectivity index (χ0v) is 12.1. The Balaban J connectivity index is 2.11. The molecule has 0 amide bonds. The van der Waals surface area contributed by atoms with E-state index in [9.17, 15) is 0 Å². The lowest BCUT2D eigenvalue weighted by Gasteiger charge is -2.50. The molecule has 1 aliphatic heterocycles. The first-order valence-electron chi connectivity index (χ1n) is 6.93. The molecule has 1 heterocycles. The summed E-state index contributed by atoms with van der Waals surface area (Å²) in [6.45, 7) is 15.7. The predicted octanol–water partition coefficient (Wildman–Crippen LogP) is 4.08. The van der Waals surface area contributed by atoms with E-state index in [0.29, 0.717) is 16.5 Å². The minimum absolute atomic E-state index is 0.360. The molecule has 0 N–H and O–H groups in total. The van der Waals surface area contributed by atoms with Crippen LogP contribution in [0.15, 0.2) is 0 Å². The molecule has 0 aromatic carbocycles. The van der Waals surface area contributed by atoms with E-state index in [1.807, 2.05) is 0 Å². The molecule has 2 fully saturated rings. The quantitative estimate of drug-likeness (QED) is 0.598. The maximum Gasteiger partial charge on any atom is 0.0219 e. The zero-order chi connectivity index (χ0) is 12.2. The Bertz CT molecular complexity index is 262. The molecule has 1 saturated heterocycles. The largest absolute Gasteiger partial charge is 0.293 e. The maximum absolute atomic E-state index is 2.79. The first kappa shape index (κ1) is 12.4. The van der Waals surface area contributed by atoms with Gasteiger partial charge in [0.25, 0.3) is 0 Å². The highest BCUT2D eigenvalue weighted by atomic mass is 15.3. The van der Waals surface area contributed by atoms with Crippen molar-refractivity contribution in [3.63, 3.8) is 0 Å². The standard InChI is InChI=1S/C15H29N/c1-13(2,3)12-7-10-16(14(4,5)6)15(11-12)8-9-15/h12H,7-11H2,1-6H3. The molecular weight excluding hydrogens is 194 g/mol. The third-order valence-corrected chi connectivity index (χ3v) is 4.76. The molecule has 2 aliphatic rings. The number of hydrogen-bond donors (Lipinski definition) is 0. The minimum atomic E-state index is 0.360. The second kappa shape index (κ2) is 3.48. The number of rotatable bonds is 0. The Morgan fingerprint density at radius 1 is 1.00 bits per heavy atom. The summed E-state index contributed by atoms with van der Waals surface area (Å²) in [6, 6.07) is 0. The summed E-state index contributed by atoms with van der Waals surface area (Å²) in [6.07, 6.45) is 5.71. The monoisotopic (exact) mass is 223 g/mol. The van der Waals surface area contributed by atoms with Gasteiger partial charge in [-0.2, -0.15) is 0 Å². The number of nitrogens with zero attached hydrogens (tertiary/aromatic N) is 1. The fourth-order valence-electron chi connectivity index (χ4n) is 3.60. The Labute approximate surface area is 102 Å². The topological polar surface area (TPSA) is 3.24 Å². The smallest absolute Gasteiger partial charge is 0.0219 e. The average Bonchev–Trinajstić information content (AvgIpc) is 2.81. The predicted molar refractivity (Wildman–Crippen MR) is 70.6 cm³/mol. The van der Waals surface area contributed by atoms with Crippen LogP contribution in [0.2, 0.25) is 0 Å². The normalized spacial score (nSPS) is 30.8. The SMILES string of the molecule is CC(C)(C)C1CCN(C(C)(C)C)C2(CC2)C1. The number of likely N-dealkylation sites (tertiary alicyclic amines) is 1. The summed E-state index contributed by atoms with van der Waals surface area (Å²) in [7, 11) is 0. The molecule has 2 rings (SSSR count). The van der Waals surface area contributed by atoms with Gasteiger partial charge in [-0.25, -0.2) is 0 Å². The third-order valence-electron chi connectivity index (χ3n) is 4.76. The van der Waals surface area contributed by atoms with Gasteiger partial charge in [0.15, 0.2) is 0 Å². The molecule has 94 valence electrons. The molecule has 1 nitrogen and oxygen atoms in total. The molecule has 1 heteroatoms. The van der Waals surface area contributed by atoms with Crippen molar-refractivity contribution in [1.82, 2.24) is 4.90 Å². The Morgan fingerprint density at radius 2 is 1.56 bits per heavy atom. The molecule has 0 radical (unpaired) electrons. The van der Waals surface area contributed by atoms with Crippen molar-refractivity contribution >= 4 is 0 Å². The Kier molecular flexibility index (Phi) is 2.70. The van der Waals surface area contributed by atoms with Crippen LogP contribution in [0.4, 0.5) is 0 Å². The van der Waals surface area contributed by atoms with Crippen molar-refractivity contribution in [1.29, 1.82) is 0 Å². The molecule has 0 bridgehead atoms. The van der Waals surface area contributed by atoms with Crippen molar-refractivity contribution in [3.8, 4) is 0 Å². The van der Waals surface area contributed by atoms with E-state index in [0.717, 1.165) is 5.92 Å². The Hall–Kier alpha value is -0.0400. The van der Waals surface area contributed by atoms with Crippen LogP contribution in [0.3, 0.4) is 0 Å². The fraction of sp³-hybridized carbons (Fsp3) is 1.00. The summed E-state index contributed by atoms with van der Waals surface area (Å²) >= 11 is 0. The van der Waals surface area contributed by atoms with Gasteiger partial charge >= 0.3 is 0 Å². The van der Waals surface area contributed by atoms with Crippen molar-refractivity contribution in [2.45, 2.75) is 78.3 Å². The lowest BCUT2D eigenvalue weighted by molar-refractivity contribution is -0.0106. The summed E-state index contributed by atoms with van der Waals surface area (Å²) in [4.78, 5) is 2.79. The molecule has 16 heavy (non-hydrogen) atoms. The summed E-state index contributed by atoms with van der Waals surface area (Å²) in [5.41, 5.74) is 1.45. The fourth-order valence-corrected chi connectivity index (χ4v) is 3.60. The van der Waals surface area contributed by atoms with E-state index in [2.05, 4.69) is 46.4 Å². The number of hydrogen-bond acceptors (Lipinski definition) is 1. The maximum atomic E-state index is 2.79. The van der Waals surface area contributed by atoms with Crippen LogP contribution >= 0.6 is 0 Å². The second-order valence-corrected chi connectivity index (χ2v) is 8.10. The van der Waals surface area contributed by atoms with Gasteiger partial charge in [0, 0.05) is 11.1 Å². The molecule has 1 spiro atoms.